The normalized spacial score (nSPS) is 40.7. The summed E-state index contributed by atoms with van der Waals surface area (Å²) in [4.78, 5) is 13.3. The quantitative estimate of drug-likeness (QED) is 0.884. The number of nitrogens with one attached hydrogen (secondary N) is 1. The van der Waals surface area contributed by atoms with E-state index >= 15 is 0 Å². The van der Waals surface area contributed by atoms with E-state index in [4.69, 9.17) is 4.74 Å². The van der Waals surface area contributed by atoms with Crippen LogP contribution in [-0.4, -0.2) is 25.2 Å². The Hall–Kier alpha value is -1.35. The van der Waals surface area contributed by atoms with Gasteiger partial charge in [-0.1, -0.05) is 29.8 Å². The first kappa shape index (κ1) is 16.8. The van der Waals surface area contributed by atoms with E-state index in [9.17, 15) is 4.79 Å². The molecule has 4 aliphatic carbocycles. The van der Waals surface area contributed by atoms with Crippen molar-refractivity contribution in [2.75, 3.05) is 13.2 Å². The van der Waals surface area contributed by atoms with Crippen LogP contribution in [0.3, 0.4) is 0 Å². The largest absolute Gasteiger partial charge is 0.376 e. The van der Waals surface area contributed by atoms with Crippen LogP contribution >= 0.6 is 0 Å². The number of hydrogen-bond acceptors (Lipinski definition) is 2. The van der Waals surface area contributed by atoms with E-state index in [0.717, 1.165) is 50.5 Å². The monoisotopic (exact) mass is 353 g/mol. The van der Waals surface area contributed by atoms with Gasteiger partial charge in [-0.15, -0.1) is 0 Å². The molecule has 1 N–H and O–H groups in total. The summed E-state index contributed by atoms with van der Waals surface area (Å²) in [6.07, 6.45) is 9.63. The minimum absolute atomic E-state index is 0.131. The average Bonchev–Trinajstić information content (AvgIpc) is 3.12. The molecule has 1 aromatic carbocycles. The van der Waals surface area contributed by atoms with E-state index in [2.05, 4.69) is 36.5 Å². The van der Waals surface area contributed by atoms with Crippen molar-refractivity contribution in [1.82, 2.24) is 5.32 Å². The molecule has 140 valence electrons. The van der Waals surface area contributed by atoms with Crippen LogP contribution in [0.25, 0.3) is 0 Å². The summed E-state index contributed by atoms with van der Waals surface area (Å²) < 4.78 is 5.71. The third kappa shape index (κ3) is 2.70. The van der Waals surface area contributed by atoms with E-state index in [0.29, 0.717) is 12.5 Å². The Morgan fingerprint density at radius 2 is 1.88 bits per heavy atom. The summed E-state index contributed by atoms with van der Waals surface area (Å²) in [6.45, 7) is 3.71. The number of ether oxygens (including phenoxy) is 1. The van der Waals surface area contributed by atoms with Gasteiger partial charge in [-0.25, -0.2) is 0 Å². The maximum absolute atomic E-state index is 13.3. The molecule has 0 aromatic heterocycles. The summed E-state index contributed by atoms with van der Waals surface area (Å²) >= 11 is 0. The van der Waals surface area contributed by atoms with E-state index in [1.54, 1.807) is 0 Å². The second kappa shape index (κ2) is 6.09. The highest BCUT2D eigenvalue weighted by molar-refractivity contribution is 5.83. The Morgan fingerprint density at radius 1 is 1.15 bits per heavy atom. The van der Waals surface area contributed by atoms with Gasteiger partial charge < -0.3 is 10.1 Å². The number of hydrogen-bond donors (Lipinski definition) is 1. The molecular weight excluding hydrogens is 322 g/mol. The maximum Gasteiger partial charge on any atom is 0.226 e. The zero-order valence-electron chi connectivity index (χ0n) is 15.9. The molecule has 6 rings (SSSR count). The fourth-order valence-corrected chi connectivity index (χ4v) is 6.97. The second-order valence-corrected chi connectivity index (χ2v) is 9.73. The lowest BCUT2D eigenvalue weighted by atomic mass is 9.42. The molecule has 1 heterocycles. The topological polar surface area (TPSA) is 38.3 Å². The van der Waals surface area contributed by atoms with Crippen LogP contribution in [0.2, 0.25) is 0 Å². The standard InChI is InChI=1S/C23H31NO2/c1-16-4-6-19(7-5-16)22-10-17-9-18(11-22)13-23(12-17,15-22)21(25)24-14-20-3-2-8-26-20/h4-7,17-18,20H,2-3,8-15H2,1H3,(H,24,25)/t17-,18-,20+,22?,23?/m1/s1. The Bertz CT molecular complexity index is 675. The number of carbonyl (C=O) groups excluding carboxylic acids is 1. The first-order chi connectivity index (χ1) is 12.6. The van der Waals surface area contributed by atoms with Crippen molar-refractivity contribution in [3.8, 4) is 0 Å². The van der Waals surface area contributed by atoms with Gasteiger partial charge in [0.05, 0.1) is 11.5 Å². The predicted molar refractivity (Wildman–Crippen MR) is 102 cm³/mol. The third-order valence-electron chi connectivity index (χ3n) is 7.72. The van der Waals surface area contributed by atoms with Crippen LogP contribution in [0.4, 0.5) is 0 Å². The van der Waals surface area contributed by atoms with Crippen molar-refractivity contribution in [3.63, 3.8) is 0 Å². The van der Waals surface area contributed by atoms with E-state index in [1.807, 2.05) is 0 Å². The first-order valence-electron chi connectivity index (χ1n) is 10.5. The number of amides is 1. The molecule has 1 saturated heterocycles. The fourth-order valence-electron chi connectivity index (χ4n) is 6.97. The lowest BCUT2D eigenvalue weighted by molar-refractivity contribution is -0.149. The van der Waals surface area contributed by atoms with Crippen LogP contribution in [0.5, 0.6) is 0 Å². The summed E-state index contributed by atoms with van der Waals surface area (Å²) in [5.41, 5.74) is 2.91. The molecule has 3 heteroatoms. The highest BCUT2D eigenvalue weighted by atomic mass is 16.5. The Morgan fingerprint density at radius 3 is 2.54 bits per heavy atom. The van der Waals surface area contributed by atoms with Gasteiger partial charge in [0, 0.05) is 13.2 Å². The molecule has 5 aliphatic rings. The van der Waals surface area contributed by atoms with Gasteiger partial charge in [0.1, 0.15) is 0 Å². The smallest absolute Gasteiger partial charge is 0.226 e. The van der Waals surface area contributed by atoms with Gasteiger partial charge >= 0.3 is 0 Å². The highest BCUT2D eigenvalue weighted by Crippen LogP contribution is 2.65. The lowest BCUT2D eigenvalue weighted by Gasteiger charge is -2.61. The van der Waals surface area contributed by atoms with Gasteiger partial charge in [-0.3, -0.25) is 4.79 Å². The number of benzene rings is 1. The van der Waals surface area contributed by atoms with Crippen molar-refractivity contribution >= 4 is 5.91 Å². The maximum atomic E-state index is 13.3. The Balaban J connectivity index is 1.39. The molecule has 3 atom stereocenters. The second-order valence-electron chi connectivity index (χ2n) is 9.73. The number of aryl methyl sites for hydroxylation is 1. The molecule has 4 saturated carbocycles. The molecule has 4 bridgehead atoms. The van der Waals surface area contributed by atoms with Crippen LogP contribution < -0.4 is 5.32 Å². The fraction of sp³-hybridized carbons (Fsp3) is 0.696. The molecular formula is C23H31NO2. The molecule has 0 radical (unpaired) electrons. The zero-order valence-corrected chi connectivity index (χ0v) is 15.9. The average molecular weight is 354 g/mol. The highest BCUT2D eigenvalue weighted by Gasteiger charge is 2.60. The molecule has 5 fully saturated rings. The molecule has 1 aliphatic heterocycles. The van der Waals surface area contributed by atoms with Gasteiger partial charge in [0.25, 0.3) is 0 Å². The summed E-state index contributed by atoms with van der Waals surface area (Å²) in [6, 6.07) is 9.16. The van der Waals surface area contributed by atoms with Gasteiger partial charge in [0.2, 0.25) is 5.91 Å². The van der Waals surface area contributed by atoms with Crippen LogP contribution in [-0.2, 0) is 14.9 Å². The molecule has 26 heavy (non-hydrogen) atoms. The van der Waals surface area contributed by atoms with Crippen molar-refractivity contribution in [1.29, 1.82) is 0 Å². The summed E-state index contributed by atoms with van der Waals surface area (Å²) in [7, 11) is 0. The molecule has 1 aromatic rings. The van der Waals surface area contributed by atoms with E-state index < -0.39 is 0 Å². The Labute approximate surface area is 156 Å². The van der Waals surface area contributed by atoms with Gasteiger partial charge in [-0.2, -0.15) is 0 Å². The zero-order chi connectivity index (χ0) is 17.8. The van der Waals surface area contributed by atoms with Crippen molar-refractivity contribution in [2.24, 2.45) is 17.3 Å². The van der Waals surface area contributed by atoms with E-state index in [-0.39, 0.29) is 16.9 Å². The number of carbonyl (C=O) groups is 1. The number of rotatable bonds is 4. The Kier molecular flexibility index (Phi) is 3.93. The van der Waals surface area contributed by atoms with Crippen LogP contribution in [0, 0.1) is 24.2 Å². The molecule has 0 spiro atoms. The summed E-state index contributed by atoms with van der Waals surface area (Å²) in [5, 5.41) is 3.30. The molecule has 3 nitrogen and oxygen atoms in total. The van der Waals surface area contributed by atoms with Gasteiger partial charge in [0.15, 0.2) is 0 Å². The minimum Gasteiger partial charge on any atom is -0.376 e. The van der Waals surface area contributed by atoms with Gasteiger partial charge in [-0.05, 0) is 81.1 Å². The van der Waals surface area contributed by atoms with E-state index in [1.165, 1.54) is 30.4 Å². The van der Waals surface area contributed by atoms with Crippen molar-refractivity contribution in [3.05, 3.63) is 35.4 Å². The first-order valence-corrected chi connectivity index (χ1v) is 10.5. The molecule has 0 unspecified atom stereocenters. The molecule has 1 amide bonds. The minimum atomic E-state index is -0.131. The summed E-state index contributed by atoms with van der Waals surface area (Å²) in [5.74, 6) is 1.77. The SMILES string of the molecule is Cc1ccc(C23C[C@H]4C[C@@H](CC(C(=O)NC[C@@H]5CCCO5)(C4)C2)C3)cc1. The third-order valence-corrected chi connectivity index (χ3v) is 7.72. The predicted octanol–water partition coefficient (Wildman–Crippen LogP) is 4.13. The van der Waals surface area contributed by atoms with Crippen molar-refractivity contribution < 1.29 is 9.53 Å². The van der Waals surface area contributed by atoms with Crippen molar-refractivity contribution in [2.45, 2.75) is 69.8 Å². The van der Waals surface area contributed by atoms with Crippen LogP contribution in [0.1, 0.15) is 62.5 Å². The van der Waals surface area contributed by atoms with Crippen LogP contribution in [0.15, 0.2) is 24.3 Å². The lowest BCUT2D eigenvalue weighted by Crippen LogP contribution is -2.59.